The lowest BCUT2D eigenvalue weighted by Crippen LogP contribution is -2.43. The number of rotatable bonds is 2. The third-order valence-corrected chi connectivity index (χ3v) is 2.68. The summed E-state index contributed by atoms with van der Waals surface area (Å²) < 4.78 is 0. The van der Waals surface area contributed by atoms with Gasteiger partial charge in [-0.2, -0.15) is 0 Å². The standard InChI is InChI=1S/C12H14N2O2/c1-12(11(15)13-2)8-10(14-16-12)9-6-4-3-5-7-9/h3-7H,8H2,1-2H3,(H,13,15)/t12-/m1/s1. The van der Waals surface area contributed by atoms with E-state index in [4.69, 9.17) is 4.84 Å². The van der Waals surface area contributed by atoms with Crippen LogP contribution in [-0.4, -0.2) is 24.3 Å². The second kappa shape index (κ2) is 3.96. The average Bonchev–Trinajstić information content (AvgIpc) is 2.73. The van der Waals surface area contributed by atoms with Crippen LogP contribution in [0.15, 0.2) is 35.5 Å². The Hall–Kier alpha value is -1.84. The van der Waals surface area contributed by atoms with E-state index < -0.39 is 5.60 Å². The van der Waals surface area contributed by atoms with Gasteiger partial charge in [0.15, 0.2) is 0 Å². The molecule has 0 aromatic heterocycles. The van der Waals surface area contributed by atoms with Crippen molar-refractivity contribution in [3.8, 4) is 0 Å². The highest BCUT2D eigenvalue weighted by Gasteiger charge is 2.41. The molecule has 1 atom stereocenters. The van der Waals surface area contributed by atoms with Gasteiger partial charge in [-0.15, -0.1) is 0 Å². The van der Waals surface area contributed by atoms with Gasteiger partial charge >= 0.3 is 0 Å². The molecule has 0 unspecified atom stereocenters. The maximum atomic E-state index is 11.6. The molecule has 0 radical (unpaired) electrons. The normalized spacial score (nSPS) is 23.5. The Morgan fingerprint density at radius 3 is 2.75 bits per heavy atom. The summed E-state index contributed by atoms with van der Waals surface area (Å²) in [5.74, 6) is -0.151. The van der Waals surface area contributed by atoms with Crippen LogP contribution < -0.4 is 5.32 Å². The van der Waals surface area contributed by atoms with Crippen molar-refractivity contribution in [3.05, 3.63) is 35.9 Å². The number of hydrogen-bond acceptors (Lipinski definition) is 3. The van der Waals surface area contributed by atoms with Crippen molar-refractivity contribution < 1.29 is 9.63 Å². The zero-order valence-electron chi connectivity index (χ0n) is 9.36. The van der Waals surface area contributed by atoms with Crippen LogP contribution in [0.3, 0.4) is 0 Å². The van der Waals surface area contributed by atoms with Crippen molar-refractivity contribution in [2.24, 2.45) is 5.16 Å². The van der Waals surface area contributed by atoms with Crippen LogP contribution in [0.2, 0.25) is 0 Å². The molecule has 1 N–H and O–H groups in total. The van der Waals surface area contributed by atoms with Crippen LogP contribution in [0.5, 0.6) is 0 Å². The third kappa shape index (κ3) is 1.78. The summed E-state index contributed by atoms with van der Waals surface area (Å²) >= 11 is 0. The smallest absolute Gasteiger partial charge is 0.266 e. The van der Waals surface area contributed by atoms with Gasteiger partial charge in [-0.25, -0.2) is 0 Å². The maximum absolute atomic E-state index is 11.6. The number of hydrogen-bond donors (Lipinski definition) is 1. The van der Waals surface area contributed by atoms with E-state index in [0.717, 1.165) is 11.3 Å². The number of carbonyl (C=O) groups excluding carboxylic acids is 1. The molecule has 4 nitrogen and oxygen atoms in total. The van der Waals surface area contributed by atoms with Crippen molar-refractivity contribution in [2.45, 2.75) is 18.9 Å². The van der Waals surface area contributed by atoms with Gasteiger partial charge in [-0.3, -0.25) is 4.79 Å². The Balaban J connectivity index is 2.17. The number of amides is 1. The molecule has 0 saturated heterocycles. The summed E-state index contributed by atoms with van der Waals surface area (Å²) in [7, 11) is 1.59. The zero-order chi connectivity index (χ0) is 11.6. The number of nitrogens with zero attached hydrogens (tertiary/aromatic N) is 1. The molecule has 0 fully saturated rings. The molecule has 0 bridgehead atoms. The molecule has 0 saturated carbocycles. The van der Waals surface area contributed by atoms with Crippen molar-refractivity contribution in [3.63, 3.8) is 0 Å². The Morgan fingerprint density at radius 2 is 2.12 bits per heavy atom. The predicted octanol–water partition coefficient (Wildman–Crippen LogP) is 1.32. The van der Waals surface area contributed by atoms with Crippen LogP contribution in [0.25, 0.3) is 0 Å². The highest BCUT2D eigenvalue weighted by molar-refractivity contribution is 6.05. The molecule has 1 aliphatic rings. The number of carbonyl (C=O) groups is 1. The summed E-state index contributed by atoms with van der Waals surface area (Å²) in [6, 6.07) is 9.73. The van der Waals surface area contributed by atoms with Crippen LogP contribution in [0.1, 0.15) is 18.9 Å². The molecule has 84 valence electrons. The van der Waals surface area contributed by atoms with Gasteiger partial charge in [0.25, 0.3) is 5.91 Å². The summed E-state index contributed by atoms with van der Waals surface area (Å²) in [4.78, 5) is 16.8. The number of benzene rings is 1. The molecule has 2 rings (SSSR count). The van der Waals surface area contributed by atoms with E-state index >= 15 is 0 Å². The largest absolute Gasteiger partial charge is 0.379 e. The lowest BCUT2D eigenvalue weighted by atomic mass is 9.95. The monoisotopic (exact) mass is 218 g/mol. The van der Waals surface area contributed by atoms with Gasteiger partial charge in [0, 0.05) is 13.5 Å². The van der Waals surface area contributed by atoms with Gasteiger partial charge in [-0.05, 0) is 12.5 Å². The van der Waals surface area contributed by atoms with Crippen LogP contribution in [0, 0.1) is 0 Å². The molecule has 16 heavy (non-hydrogen) atoms. The van der Waals surface area contributed by atoms with Crippen molar-refractivity contribution in [1.29, 1.82) is 0 Å². The van der Waals surface area contributed by atoms with E-state index in [-0.39, 0.29) is 5.91 Å². The Kier molecular flexibility index (Phi) is 2.64. The van der Waals surface area contributed by atoms with Crippen LogP contribution in [-0.2, 0) is 9.63 Å². The number of nitrogens with one attached hydrogen (secondary N) is 1. The van der Waals surface area contributed by atoms with E-state index in [0.29, 0.717) is 6.42 Å². The lowest BCUT2D eigenvalue weighted by Gasteiger charge is -2.18. The minimum atomic E-state index is -0.875. The third-order valence-electron chi connectivity index (χ3n) is 2.68. The summed E-state index contributed by atoms with van der Waals surface area (Å²) in [5.41, 5.74) is 0.932. The van der Waals surface area contributed by atoms with Gasteiger partial charge < -0.3 is 10.2 Å². The fraction of sp³-hybridized carbons (Fsp3) is 0.333. The fourth-order valence-corrected chi connectivity index (χ4v) is 1.71. The molecule has 1 aromatic rings. The first-order valence-corrected chi connectivity index (χ1v) is 5.18. The highest BCUT2D eigenvalue weighted by Crippen LogP contribution is 2.26. The number of likely N-dealkylation sites (N-methyl/N-ethyl adjacent to an activating group) is 1. The van der Waals surface area contributed by atoms with E-state index in [1.165, 1.54) is 0 Å². The van der Waals surface area contributed by atoms with Crippen LogP contribution >= 0.6 is 0 Å². The van der Waals surface area contributed by atoms with Gasteiger partial charge in [0.2, 0.25) is 5.60 Å². The van der Waals surface area contributed by atoms with Crippen molar-refractivity contribution in [2.75, 3.05) is 7.05 Å². The molecule has 0 spiro atoms. The number of oxime groups is 1. The van der Waals surface area contributed by atoms with Gasteiger partial charge in [0.1, 0.15) is 0 Å². The fourth-order valence-electron chi connectivity index (χ4n) is 1.71. The average molecular weight is 218 g/mol. The summed E-state index contributed by atoms with van der Waals surface area (Å²) in [6.07, 6.45) is 0.497. The SMILES string of the molecule is CNC(=O)[C@@]1(C)CC(c2ccccc2)=NO1. The van der Waals surface area contributed by atoms with Gasteiger partial charge in [-0.1, -0.05) is 35.5 Å². The molecular formula is C12H14N2O2. The Bertz CT molecular complexity index is 428. The minimum Gasteiger partial charge on any atom is -0.379 e. The van der Waals surface area contributed by atoms with E-state index in [9.17, 15) is 4.79 Å². The first-order valence-electron chi connectivity index (χ1n) is 5.18. The molecule has 1 aliphatic heterocycles. The second-order valence-electron chi connectivity index (χ2n) is 3.98. The van der Waals surface area contributed by atoms with E-state index in [1.807, 2.05) is 30.3 Å². The molecule has 4 heteroatoms. The lowest BCUT2D eigenvalue weighted by molar-refractivity contribution is -0.141. The molecule has 1 aromatic carbocycles. The molecule has 1 heterocycles. The minimum absolute atomic E-state index is 0.151. The quantitative estimate of drug-likeness (QED) is 0.813. The maximum Gasteiger partial charge on any atom is 0.266 e. The summed E-state index contributed by atoms with van der Waals surface area (Å²) in [5, 5.41) is 6.57. The first kappa shape index (κ1) is 10.7. The molecule has 0 aliphatic carbocycles. The Labute approximate surface area is 94.3 Å². The van der Waals surface area contributed by atoms with Crippen molar-refractivity contribution in [1.82, 2.24) is 5.32 Å². The van der Waals surface area contributed by atoms with Crippen molar-refractivity contribution >= 4 is 11.6 Å². The van der Waals surface area contributed by atoms with E-state index in [1.54, 1.807) is 14.0 Å². The second-order valence-corrected chi connectivity index (χ2v) is 3.98. The molecule has 1 amide bonds. The highest BCUT2D eigenvalue weighted by atomic mass is 16.7. The topological polar surface area (TPSA) is 50.7 Å². The Morgan fingerprint density at radius 1 is 1.44 bits per heavy atom. The van der Waals surface area contributed by atoms with E-state index in [2.05, 4.69) is 10.5 Å². The zero-order valence-corrected chi connectivity index (χ0v) is 9.36. The molecular weight excluding hydrogens is 204 g/mol. The predicted molar refractivity (Wildman–Crippen MR) is 61.2 cm³/mol. The van der Waals surface area contributed by atoms with Gasteiger partial charge in [0.05, 0.1) is 5.71 Å². The summed E-state index contributed by atoms with van der Waals surface area (Å²) in [6.45, 7) is 1.74. The first-order chi connectivity index (χ1) is 7.65. The van der Waals surface area contributed by atoms with Crippen LogP contribution in [0.4, 0.5) is 0 Å².